The van der Waals surface area contributed by atoms with Crippen molar-refractivity contribution in [3.8, 4) is 0 Å². The van der Waals surface area contributed by atoms with E-state index in [4.69, 9.17) is 11.6 Å². The van der Waals surface area contributed by atoms with Gasteiger partial charge < -0.3 is 10.6 Å². The average molecular weight is 345 g/mol. The maximum absolute atomic E-state index is 12.2. The van der Waals surface area contributed by atoms with Crippen LogP contribution in [-0.2, 0) is 6.54 Å². The topological polar surface area (TPSA) is 58.2 Å². The van der Waals surface area contributed by atoms with E-state index in [9.17, 15) is 9.59 Å². The summed E-state index contributed by atoms with van der Waals surface area (Å²) in [4.78, 5) is 24.2. The maximum Gasteiger partial charge on any atom is 0.251 e. The number of amides is 2. The first kappa shape index (κ1) is 18.0. The molecule has 0 aliphatic carbocycles. The van der Waals surface area contributed by atoms with Crippen LogP contribution in [0.5, 0.6) is 0 Å². The lowest BCUT2D eigenvalue weighted by molar-refractivity contribution is 0.0931. The number of nitrogens with one attached hydrogen (secondary N) is 2. The van der Waals surface area contributed by atoms with E-state index in [-0.39, 0.29) is 17.9 Å². The van der Waals surface area contributed by atoms with Gasteiger partial charge in [-0.05, 0) is 49.2 Å². The molecule has 5 heteroatoms. The molecule has 2 amide bonds. The molecule has 24 heavy (non-hydrogen) atoms. The van der Waals surface area contributed by atoms with Gasteiger partial charge in [0.25, 0.3) is 11.8 Å². The molecule has 0 radical (unpaired) electrons. The SMILES string of the molecule is CCC(C)NC(=O)c1ccc(C(=O)NCc2ccccc2Cl)cc1. The fraction of sp³-hybridized carbons (Fsp3) is 0.263. The van der Waals surface area contributed by atoms with Crippen molar-refractivity contribution < 1.29 is 9.59 Å². The largest absolute Gasteiger partial charge is 0.350 e. The van der Waals surface area contributed by atoms with E-state index in [1.54, 1.807) is 30.3 Å². The third-order valence-electron chi connectivity index (χ3n) is 3.80. The third kappa shape index (κ3) is 4.83. The lowest BCUT2D eigenvalue weighted by Gasteiger charge is -2.11. The van der Waals surface area contributed by atoms with Crippen LogP contribution in [0.4, 0.5) is 0 Å². The quantitative estimate of drug-likeness (QED) is 0.837. The fourth-order valence-electron chi connectivity index (χ4n) is 2.10. The number of benzene rings is 2. The molecule has 0 heterocycles. The van der Waals surface area contributed by atoms with Crippen molar-refractivity contribution in [3.63, 3.8) is 0 Å². The van der Waals surface area contributed by atoms with Crippen LogP contribution in [0, 0.1) is 0 Å². The first-order chi connectivity index (χ1) is 11.5. The van der Waals surface area contributed by atoms with Crippen molar-refractivity contribution in [2.24, 2.45) is 0 Å². The van der Waals surface area contributed by atoms with Gasteiger partial charge in [-0.25, -0.2) is 0 Å². The lowest BCUT2D eigenvalue weighted by atomic mass is 10.1. The van der Waals surface area contributed by atoms with Crippen LogP contribution in [-0.4, -0.2) is 17.9 Å². The Morgan fingerprint density at radius 3 is 2.17 bits per heavy atom. The van der Waals surface area contributed by atoms with Crippen LogP contribution in [0.3, 0.4) is 0 Å². The lowest BCUT2D eigenvalue weighted by Crippen LogP contribution is -2.32. The van der Waals surface area contributed by atoms with Crippen molar-refractivity contribution in [1.29, 1.82) is 0 Å². The molecule has 2 rings (SSSR count). The molecule has 126 valence electrons. The highest BCUT2D eigenvalue weighted by molar-refractivity contribution is 6.31. The predicted molar refractivity (Wildman–Crippen MR) is 96.3 cm³/mol. The van der Waals surface area contributed by atoms with E-state index in [1.165, 1.54) is 0 Å². The standard InChI is InChI=1S/C19H21ClN2O2/c1-3-13(2)22-19(24)15-10-8-14(9-11-15)18(23)21-12-16-6-4-5-7-17(16)20/h4-11,13H,3,12H2,1-2H3,(H,21,23)(H,22,24). The molecule has 2 N–H and O–H groups in total. The van der Waals surface area contributed by atoms with Crippen LogP contribution >= 0.6 is 11.6 Å². The van der Waals surface area contributed by atoms with Crippen LogP contribution in [0.1, 0.15) is 46.5 Å². The summed E-state index contributed by atoms with van der Waals surface area (Å²) >= 11 is 6.07. The summed E-state index contributed by atoms with van der Waals surface area (Å²) in [6, 6.07) is 14.1. The van der Waals surface area contributed by atoms with Gasteiger partial charge in [0.1, 0.15) is 0 Å². The van der Waals surface area contributed by atoms with Crippen LogP contribution in [0.25, 0.3) is 0 Å². The molecular weight excluding hydrogens is 324 g/mol. The van der Waals surface area contributed by atoms with E-state index in [2.05, 4.69) is 10.6 Å². The molecule has 0 saturated carbocycles. The zero-order valence-corrected chi connectivity index (χ0v) is 14.6. The van der Waals surface area contributed by atoms with Gasteiger partial charge >= 0.3 is 0 Å². The Balaban J connectivity index is 1.96. The first-order valence-electron chi connectivity index (χ1n) is 7.93. The van der Waals surface area contributed by atoms with E-state index in [0.29, 0.717) is 22.7 Å². The molecule has 1 unspecified atom stereocenters. The summed E-state index contributed by atoms with van der Waals surface area (Å²) in [7, 11) is 0. The molecular formula is C19H21ClN2O2. The number of carbonyl (C=O) groups excluding carboxylic acids is 2. The molecule has 0 aromatic heterocycles. The number of hydrogen-bond donors (Lipinski definition) is 2. The highest BCUT2D eigenvalue weighted by Crippen LogP contribution is 2.14. The molecule has 0 bridgehead atoms. The van der Waals surface area contributed by atoms with E-state index in [0.717, 1.165) is 12.0 Å². The van der Waals surface area contributed by atoms with Crippen molar-refractivity contribution in [2.75, 3.05) is 0 Å². The Kier molecular flexibility index (Phi) is 6.38. The molecule has 0 aliphatic heterocycles. The van der Waals surface area contributed by atoms with Gasteiger partial charge in [0, 0.05) is 28.7 Å². The average Bonchev–Trinajstić information content (AvgIpc) is 2.60. The van der Waals surface area contributed by atoms with E-state index in [1.807, 2.05) is 32.0 Å². The molecule has 0 spiro atoms. The van der Waals surface area contributed by atoms with Crippen LogP contribution < -0.4 is 10.6 Å². The van der Waals surface area contributed by atoms with Crippen molar-refractivity contribution >= 4 is 23.4 Å². The minimum Gasteiger partial charge on any atom is -0.350 e. The van der Waals surface area contributed by atoms with E-state index < -0.39 is 0 Å². The third-order valence-corrected chi connectivity index (χ3v) is 4.17. The second-order valence-electron chi connectivity index (χ2n) is 5.63. The molecule has 2 aromatic carbocycles. The number of halogens is 1. The molecule has 0 saturated heterocycles. The number of rotatable bonds is 6. The van der Waals surface area contributed by atoms with Crippen LogP contribution in [0.2, 0.25) is 5.02 Å². The fourth-order valence-corrected chi connectivity index (χ4v) is 2.30. The first-order valence-corrected chi connectivity index (χ1v) is 8.31. The number of carbonyl (C=O) groups is 2. The Labute approximate surface area is 147 Å². The Morgan fingerprint density at radius 2 is 1.58 bits per heavy atom. The smallest absolute Gasteiger partial charge is 0.251 e. The predicted octanol–water partition coefficient (Wildman–Crippen LogP) is 3.80. The van der Waals surface area contributed by atoms with Crippen molar-refractivity contribution in [2.45, 2.75) is 32.9 Å². The van der Waals surface area contributed by atoms with Gasteiger partial charge in [-0.1, -0.05) is 36.7 Å². The molecule has 2 aromatic rings. The highest BCUT2D eigenvalue weighted by atomic mass is 35.5. The summed E-state index contributed by atoms with van der Waals surface area (Å²) in [5.41, 5.74) is 1.90. The maximum atomic E-state index is 12.2. The van der Waals surface area contributed by atoms with Crippen LogP contribution in [0.15, 0.2) is 48.5 Å². The zero-order chi connectivity index (χ0) is 17.5. The molecule has 0 aliphatic rings. The summed E-state index contributed by atoms with van der Waals surface area (Å²) in [6.45, 7) is 4.32. The molecule has 0 fully saturated rings. The number of hydrogen-bond acceptors (Lipinski definition) is 2. The summed E-state index contributed by atoms with van der Waals surface area (Å²) in [6.07, 6.45) is 0.869. The summed E-state index contributed by atoms with van der Waals surface area (Å²) in [5.74, 6) is -0.337. The molecule has 4 nitrogen and oxygen atoms in total. The second kappa shape index (κ2) is 8.50. The minimum absolute atomic E-state index is 0.121. The Hall–Kier alpha value is -2.33. The Bertz CT molecular complexity index is 714. The summed E-state index contributed by atoms with van der Waals surface area (Å²) in [5, 5.41) is 6.34. The van der Waals surface area contributed by atoms with Crippen molar-refractivity contribution in [1.82, 2.24) is 10.6 Å². The van der Waals surface area contributed by atoms with Gasteiger partial charge in [-0.2, -0.15) is 0 Å². The Morgan fingerprint density at radius 1 is 1.00 bits per heavy atom. The van der Waals surface area contributed by atoms with Gasteiger partial charge in [-0.3, -0.25) is 9.59 Å². The van der Waals surface area contributed by atoms with Gasteiger partial charge in [-0.15, -0.1) is 0 Å². The van der Waals surface area contributed by atoms with Gasteiger partial charge in [0.05, 0.1) is 0 Å². The minimum atomic E-state index is -0.205. The van der Waals surface area contributed by atoms with Gasteiger partial charge in [0.2, 0.25) is 0 Å². The second-order valence-corrected chi connectivity index (χ2v) is 6.04. The van der Waals surface area contributed by atoms with Crippen molar-refractivity contribution in [3.05, 3.63) is 70.2 Å². The summed E-state index contributed by atoms with van der Waals surface area (Å²) < 4.78 is 0. The zero-order valence-electron chi connectivity index (χ0n) is 13.8. The highest BCUT2D eigenvalue weighted by Gasteiger charge is 2.11. The van der Waals surface area contributed by atoms with Gasteiger partial charge in [0.15, 0.2) is 0 Å². The monoisotopic (exact) mass is 344 g/mol. The normalized spacial score (nSPS) is 11.6. The molecule has 1 atom stereocenters. The van der Waals surface area contributed by atoms with E-state index >= 15 is 0 Å².